The molecule has 122 valence electrons. The molecule has 0 spiro atoms. The van der Waals surface area contributed by atoms with Crippen molar-refractivity contribution in [3.8, 4) is 0 Å². The minimum Gasteiger partial charge on any atom is -0.342 e. The average Bonchev–Trinajstić information content (AvgIpc) is 2.57. The van der Waals surface area contributed by atoms with Crippen molar-refractivity contribution in [3.05, 3.63) is 35.6 Å². The van der Waals surface area contributed by atoms with E-state index in [0.29, 0.717) is 13.0 Å². The molecule has 1 saturated heterocycles. The van der Waals surface area contributed by atoms with E-state index in [-0.39, 0.29) is 36.1 Å². The Morgan fingerprint density at radius 1 is 1.32 bits per heavy atom. The standard InChI is InChI=1S/C16H22FNO3S/c1-12(2)11-16(19)18-8-7-15(22(20,21)10-9-18)13-5-3-4-6-14(13)17/h3-6,12,15H,7-11H2,1-2H3. The van der Waals surface area contributed by atoms with E-state index in [4.69, 9.17) is 0 Å². The first-order valence-electron chi connectivity index (χ1n) is 7.55. The SMILES string of the molecule is CC(C)CC(=O)N1CCC(c2ccccc2F)S(=O)(=O)CC1. The molecule has 0 radical (unpaired) electrons. The van der Waals surface area contributed by atoms with Crippen LogP contribution in [0.15, 0.2) is 24.3 Å². The van der Waals surface area contributed by atoms with Gasteiger partial charge in [-0.25, -0.2) is 12.8 Å². The van der Waals surface area contributed by atoms with Crippen LogP contribution in [0, 0.1) is 11.7 Å². The first-order chi connectivity index (χ1) is 10.3. The predicted molar refractivity (Wildman–Crippen MR) is 83.6 cm³/mol. The molecule has 1 unspecified atom stereocenters. The quantitative estimate of drug-likeness (QED) is 0.857. The number of carbonyl (C=O) groups is 1. The van der Waals surface area contributed by atoms with E-state index in [0.717, 1.165) is 0 Å². The second kappa shape index (κ2) is 6.77. The zero-order valence-corrected chi connectivity index (χ0v) is 13.8. The molecule has 1 aliphatic rings. The molecular formula is C16H22FNO3S. The molecule has 1 aliphatic heterocycles. The molecule has 4 nitrogen and oxygen atoms in total. The molecule has 0 bridgehead atoms. The Labute approximate surface area is 131 Å². The Morgan fingerprint density at radius 2 is 2.00 bits per heavy atom. The Balaban J connectivity index is 2.21. The largest absolute Gasteiger partial charge is 0.342 e. The summed E-state index contributed by atoms with van der Waals surface area (Å²) in [6.45, 7) is 4.45. The van der Waals surface area contributed by atoms with Gasteiger partial charge in [0.1, 0.15) is 5.82 Å². The lowest BCUT2D eigenvalue weighted by molar-refractivity contribution is -0.131. The maximum atomic E-state index is 13.9. The van der Waals surface area contributed by atoms with Crippen molar-refractivity contribution in [2.45, 2.75) is 31.9 Å². The van der Waals surface area contributed by atoms with Crippen molar-refractivity contribution in [2.24, 2.45) is 5.92 Å². The summed E-state index contributed by atoms with van der Waals surface area (Å²) in [6.07, 6.45) is 0.650. The van der Waals surface area contributed by atoms with Gasteiger partial charge in [0.2, 0.25) is 5.91 Å². The van der Waals surface area contributed by atoms with Gasteiger partial charge in [0, 0.05) is 25.1 Å². The maximum absolute atomic E-state index is 13.9. The van der Waals surface area contributed by atoms with Crippen LogP contribution in [0.25, 0.3) is 0 Å². The zero-order chi connectivity index (χ0) is 16.3. The fourth-order valence-corrected chi connectivity index (χ4v) is 4.56. The average molecular weight is 327 g/mol. The fourth-order valence-electron chi connectivity index (χ4n) is 2.76. The molecule has 1 aromatic rings. The van der Waals surface area contributed by atoms with Gasteiger partial charge in [-0.2, -0.15) is 0 Å². The topological polar surface area (TPSA) is 54.5 Å². The number of sulfone groups is 1. The van der Waals surface area contributed by atoms with Gasteiger partial charge in [-0.05, 0) is 18.4 Å². The van der Waals surface area contributed by atoms with Crippen LogP contribution in [0.2, 0.25) is 0 Å². The van der Waals surface area contributed by atoms with Gasteiger partial charge in [-0.1, -0.05) is 32.0 Å². The second-order valence-electron chi connectivity index (χ2n) is 6.14. The Hall–Kier alpha value is -1.43. The summed E-state index contributed by atoms with van der Waals surface area (Å²) in [6, 6.07) is 5.97. The molecular weight excluding hydrogens is 305 g/mol. The lowest BCUT2D eigenvalue weighted by Crippen LogP contribution is -2.34. The summed E-state index contributed by atoms with van der Waals surface area (Å²) in [5.74, 6) is -0.414. The number of hydrogen-bond donors (Lipinski definition) is 0. The molecule has 1 fully saturated rings. The summed E-state index contributed by atoms with van der Waals surface area (Å²) in [7, 11) is -3.46. The van der Waals surface area contributed by atoms with E-state index in [1.807, 2.05) is 13.8 Å². The van der Waals surface area contributed by atoms with Crippen LogP contribution in [0.1, 0.15) is 37.5 Å². The van der Waals surface area contributed by atoms with Crippen LogP contribution in [0.4, 0.5) is 4.39 Å². The Morgan fingerprint density at radius 3 is 2.64 bits per heavy atom. The Bertz CT molecular complexity index is 643. The van der Waals surface area contributed by atoms with Crippen molar-refractivity contribution < 1.29 is 17.6 Å². The first-order valence-corrected chi connectivity index (χ1v) is 9.26. The summed E-state index contributed by atoms with van der Waals surface area (Å²) >= 11 is 0. The third-order valence-electron chi connectivity index (χ3n) is 3.93. The highest BCUT2D eigenvalue weighted by molar-refractivity contribution is 7.91. The summed E-state index contributed by atoms with van der Waals surface area (Å²) in [4.78, 5) is 13.7. The van der Waals surface area contributed by atoms with Crippen LogP contribution < -0.4 is 0 Å². The van der Waals surface area contributed by atoms with Crippen LogP contribution in [0.3, 0.4) is 0 Å². The van der Waals surface area contributed by atoms with Crippen LogP contribution >= 0.6 is 0 Å². The summed E-state index contributed by atoms with van der Waals surface area (Å²) in [5.41, 5.74) is 0.209. The van der Waals surface area contributed by atoms with Crippen molar-refractivity contribution in [1.82, 2.24) is 4.90 Å². The molecule has 1 amide bonds. The van der Waals surface area contributed by atoms with Gasteiger partial charge in [-0.3, -0.25) is 4.79 Å². The van der Waals surface area contributed by atoms with Gasteiger partial charge in [-0.15, -0.1) is 0 Å². The summed E-state index contributed by atoms with van der Waals surface area (Å²) in [5, 5.41) is -0.870. The van der Waals surface area contributed by atoms with Crippen molar-refractivity contribution in [1.29, 1.82) is 0 Å². The van der Waals surface area contributed by atoms with Crippen LogP contribution in [0.5, 0.6) is 0 Å². The number of rotatable bonds is 3. The van der Waals surface area contributed by atoms with E-state index >= 15 is 0 Å². The van der Waals surface area contributed by atoms with Crippen molar-refractivity contribution in [2.75, 3.05) is 18.8 Å². The van der Waals surface area contributed by atoms with E-state index in [1.165, 1.54) is 12.1 Å². The van der Waals surface area contributed by atoms with Crippen LogP contribution in [-0.2, 0) is 14.6 Å². The fraction of sp³-hybridized carbons (Fsp3) is 0.562. The van der Waals surface area contributed by atoms with Gasteiger partial charge >= 0.3 is 0 Å². The molecule has 0 aromatic heterocycles. The molecule has 0 N–H and O–H groups in total. The number of nitrogens with zero attached hydrogens (tertiary/aromatic N) is 1. The smallest absolute Gasteiger partial charge is 0.222 e. The predicted octanol–water partition coefficient (Wildman–Crippen LogP) is 2.56. The van der Waals surface area contributed by atoms with Gasteiger partial charge in [0.25, 0.3) is 0 Å². The summed E-state index contributed by atoms with van der Waals surface area (Å²) < 4.78 is 38.8. The van der Waals surface area contributed by atoms with E-state index in [2.05, 4.69) is 0 Å². The molecule has 0 saturated carbocycles. The molecule has 1 atom stereocenters. The number of amides is 1. The number of benzene rings is 1. The molecule has 1 heterocycles. The number of hydrogen-bond acceptors (Lipinski definition) is 3. The number of carbonyl (C=O) groups excluding carboxylic acids is 1. The van der Waals surface area contributed by atoms with Crippen LogP contribution in [-0.4, -0.2) is 38.1 Å². The lowest BCUT2D eigenvalue weighted by atomic mass is 10.1. The second-order valence-corrected chi connectivity index (χ2v) is 8.45. The third kappa shape index (κ3) is 3.85. The normalized spacial score (nSPS) is 21.6. The minimum atomic E-state index is -3.46. The number of halogens is 1. The molecule has 1 aromatic carbocycles. The van der Waals surface area contributed by atoms with Crippen molar-refractivity contribution >= 4 is 15.7 Å². The lowest BCUT2D eigenvalue weighted by Gasteiger charge is -2.21. The first kappa shape index (κ1) is 16.9. The minimum absolute atomic E-state index is 0.0283. The van der Waals surface area contributed by atoms with Gasteiger partial charge in [0.15, 0.2) is 9.84 Å². The molecule has 22 heavy (non-hydrogen) atoms. The molecule has 2 rings (SSSR count). The zero-order valence-electron chi connectivity index (χ0n) is 13.0. The third-order valence-corrected chi connectivity index (χ3v) is 6.04. The van der Waals surface area contributed by atoms with E-state index in [9.17, 15) is 17.6 Å². The van der Waals surface area contributed by atoms with Gasteiger partial charge in [0.05, 0.1) is 11.0 Å². The van der Waals surface area contributed by atoms with Crippen molar-refractivity contribution in [3.63, 3.8) is 0 Å². The highest BCUT2D eigenvalue weighted by Gasteiger charge is 2.34. The van der Waals surface area contributed by atoms with E-state index < -0.39 is 20.9 Å². The maximum Gasteiger partial charge on any atom is 0.222 e. The van der Waals surface area contributed by atoms with E-state index in [1.54, 1.807) is 17.0 Å². The highest BCUT2D eigenvalue weighted by Crippen LogP contribution is 2.31. The molecule has 0 aliphatic carbocycles. The molecule has 6 heteroatoms. The van der Waals surface area contributed by atoms with Gasteiger partial charge < -0.3 is 4.90 Å². The monoisotopic (exact) mass is 327 g/mol. The Kier molecular flexibility index (Phi) is 5.21. The highest BCUT2D eigenvalue weighted by atomic mass is 32.2.